The van der Waals surface area contributed by atoms with Gasteiger partial charge < -0.3 is 15.2 Å². The molecule has 0 bridgehead atoms. The zero-order valence-corrected chi connectivity index (χ0v) is 18.3. The van der Waals surface area contributed by atoms with Crippen molar-refractivity contribution in [3.05, 3.63) is 70.5 Å². The van der Waals surface area contributed by atoms with Gasteiger partial charge in [-0.05, 0) is 43.3 Å². The molecule has 0 radical (unpaired) electrons. The molecule has 0 aliphatic rings. The Bertz CT molecular complexity index is 992. The van der Waals surface area contributed by atoms with E-state index in [4.69, 9.17) is 0 Å². The molecule has 2 amide bonds. The second-order valence-electron chi connectivity index (χ2n) is 6.30. The van der Waals surface area contributed by atoms with Gasteiger partial charge in [-0.3, -0.25) is 9.59 Å². The maximum absolute atomic E-state index is 12.3. The zero-order chi connectivity index (χ0) is 20.8. The number of carbonyl (C=O) groups excluding carboxylic acids is 2. The standard InChI is InChI=1S/C20H20BrN5O2S/c1-13(22-19(28)14-6-4-3-5-7-14)18-24-25-20(26(18)2)29-12-17(27)23-16-10-8-15(21)9-11-16/h3-11,13H,12H2,1-2H3,(H,22,28)(H,23,27)/t13-/m1/s1. The van der Waals surface area contributed by atoms with E-state index in [-0.39, 0.29) is 23.6 Å². The minimum Gasteiger partial charge on any atom is -0.342 e. The fourth-order valence-electron chi connectivity index (χ4n) is 2.62. The summed E-state index contributed by atoms with van der Waals surface area (Å²) in [6.07, 6.45) is 0. The predicted molar refractivity (Wildman–Crippen MR) is 117 cm³/mol. The van der Waals surface area contributed by atoms with E-state index in [9.17, 15) is 9.59 Å². The molecule has 150 valence electrons. The third-order valence-corrected chi connectivity index (χ3v) is 5.65. The summed E-state index contributed by atoms with van der Waals surface area (Å²) < 4.78 is 2.73. The zero-order valence-electron chi connectivity index (χ0n) is 15.9. The highest BCUT2D eigenvalue weighted by atomic mass is 79.9. The molecule has 0 aliphatic carbocycles. The highest BCUT2D eigenvalue weighted by Crippen LogP contribution is 2.20. The SMILES string of the molecule is C[C@@H](NC(=O)c1ccccc1)c1nnc(SCC(=O)Nc2ccc(Br)cc2)n1C. The second kappa shape index (κ2) is 9.71. The molecule has 0 unspecified atom stereocenters. The number of nitrogens with one attached hydrogen (secondary N) is 2. The Morgan fingerprint density at radius 2 is 1.79 bits per heavy atom. The monoisotopic (exact) mass is 473 g/mol. The van der Waals surface area contributed by atoms with Crippen LogP contribution >= 0.6 is 27.7 Å². The van der Waals surface area contributed by atoms with Crippen LogP contribution in [0.5, 0.6) is 0 Å². The van der Waals surface area contributed by atoms with Crippen molar-refractivity contribution in [2.45, 2.75) is 18.1 Å². The summed E-state index contributed by atoms with van der Waals surface area (Å²) in [6.45, 7) is 1.85. The molecule has 0 aliphatic heterocycles. The number of anilines is 1. The first-order valence-electron chi connectivity index (χ1n) is 8.87. The van der Waals surface area contributed by atoms with Crippen LogP contribution in [-0.2, 0) is 11.8 Å². The van der Waals surface area contributed by atoms with Crippen LogP contribution in [0.4, 0.5) is 5.69 Å². The normalized spacial score (nSPS) is 11.7. The maximum Gasteiger partial charge on any atom is 0.251 e. The Balaban J connectivity index is 1.56. The summed E-state index contributed by atoms with van der Waals surface area (Å²) in [5.74, 6) is 0.508. The Morgan fingerprint density at radius 1 is 1.10 bits per heavy atom. The summed E-state index contributed by atoms with van der Waals surface area (Å²) in [6, 6.07) is 16.0. The number of hydrogen-bond acceptors (Lipinski definition) is 5. The van der Waals surface area contributed by atoms with E-state index in [0.29, 0.717) is 16.5 Å². The lowest BCUT2D eigenvalue weighted by atomic mass is 10.2. The fraction of sp³-hybridized carbons (Fsp3) is 0.200. The first-order chi connectivity index (χ1) is 13.9. The van der Waals surface area contributed by atoms with Gasteiger partial charge in [-0.25, -0.2) is 0 Å². The van der Waals surface area contributed by atoms with E-state index < -0.39 is 0 Å². The molecule has 1 heterocycles. The Kier molecular flexibility index (Phi) is 7.05. The van der Waals surface area contributed by atoms with Crippen LogP contribution in [0.15, 0.2) is 64.2 Å². The van der Waals surface area contributed by atoms with Crippen molar-refractivity contribution >= 4 is 45.2 Å². The molecule has 3 aromatic rings. The molecule has 0 saturated heterocycles. The number of aromatic nitrogens is 3. The second-order valence-corrected chi connectivity index (χ2v) is 8.16. The molecular formula is C20H20BrN5O2S. The van der Waals surface area contributed by atoms with Gasteiger partial charge in [0.25, 0.3) is 5.91 Å². The smallest absolute Gasteiger partial charge is 0.251 e. The van der Waals surface area contributed by atoms with E-state index in [1.54, 1.807) is 16.7 Å². The highest BCUT2D eigenvalue weighted by molar-refractivity contribution is 9.10. The third-order valence-electron chi connectivity index (χ3n) is 4.10. The predicted octanol–water partition coefficient (Wildman–Crippen LogP) is 3.80. The van der Waals surface area contributed by atoms with Gasteiger partial charge in [0, 0.05) is 22.8 Å². The molecule has 2 aromatic carbocycles. The number of amides is 2. The number of thioether (sulfide) groups is 1. The summed E-state index contributed by atoms with van der Waals surface area (Å²) in [5, 5.41) is 14.7. The molecule has 29 heavy (non-hydrogen) atoms. The van der Waals surface area contributed by atoms with Crippen LogP contribution in [0.25, 0.3) is 0 Å². The molecule has 3 rings (SSSR count). The Morgan fingerprint density at radius 3 is 2.48 bits per heavy atom. The van der Waals surface area contributed by atoms with Crippen molar-refractivity contribution < 1.29 is 9.59 Å². The molecule has 0 fully saturated rings. The van der Waals surface area contributed by atoms with E-state index >= 15 is 0 Å². The van der Waals surface area contributed by atoms with Crippen molar-refractivity contribution in [2.75, 3.05) is 11.1 Å². The topological polar surface area (TPSA) is 88.9 Å². The van der Waals surface area contributed by atoms with Crippen molar-refractivity contribution in [2.24, 2.45) is 7.05 Å². The number of hydrogen-bond donors (Lipinski definition) is 2. The summed E-state index contributed by atoms with van der Waals surface area (Å²) in [7, 11) is 1.81. The van der Waals surface area contributed by atoms with Gasteiger partial charge in [0.1, 0.15) is 0 Å². The van der Waals surface area contributed by atoms with E-state index in [1.807, 2.05) is 56.4 Å². The Hall–Kier alpha value is -2.65. The largest absolute Gasteiger partial charge is 0.342 e. The lowest BCUT2D eigenvalue weighted by molar-refractivity contribution is -0.113. The van der Waals surface area contributed by atoms with Gasteiger partial charge in [0.05, 0.1) is 11.8 Å². The van der Waals surface area contributed by atoms with Crippen LogP contribution < -0.4 is 10.6 Å². The van der Waals surface area contributed by atoms with Gasteiger partial charge >= 0.3 is 0 Å². The van der Waals surface area contributed by atoms with Gasteiger partial charge in [0.15, 0.2) is 11.0 Å². The third kappa shape index (κ3) is 5.68. The van der Waals surface area contributed by atoms with E-state index in [2.05, 4.69) is 36.8 Å². The summed E-state index contributed by atoms with van der Waals surface area (Å²) in [5.41, 5.74) is 1.32. The lowest BCUT2D eigenvalue weighted by Crippen LogP contribution is -2.28. The van der Waals surface area contributed by atoms with Gasteiger partial charge in [-0.2, -0.15) is 0 Å². The molecule has 1 aromatic heterocycles. The molecule has 0 saturated carbocycles. The lowest BCUT2D eigenvalue weighted by Gasteiger charge is -2.13. The van der Waals surface area contributed by atoms with Gasteiger partial charge in [-0.1, -0.05) is 45.9 Å². The molecule has 9 heteroatoms. The highest BCUT2D eigenvalue weighted by Gasteiger charge is 2.19. The van der Waals surface area contributed by atoms with Crippen molar-refractivity contribution in [3.63, 3.8) is 0 Å². The first-order valence-corrected chi connectivity index (χ1v) is 10.7. The molecule has 0 spiro atoms. The van der Waals surface area contributed by atoms with E-state index in [0.717, 1.165) is 10.2 Å². The van der Waals surface area contributed by atoms with Crippen molar-refractivity contribution in [1.82, 2.24) is 20.1 Å². The number of nitrogens with zero attached hydrogens (tertiary/aromatic N) is 3. The average Bonchev–Trinajstić information content (AvgIpc) is 3.09. The average molecular weight is 474 g/mol. The van der Waals surface area contributed by atoms with Crippen molar-refractivity contribution in [1.29, 1.82) is 0 Å². The molecule has 7 nitrogen and oxygen atoms in total. The van der Waals surface area contributed by atoms with Crippen LogP contribution in [-0.4, -0.2) is 32.3 Å². The van der Waals surface area contributed by atoms with Gasteiger partial charge in [0.2, 0.25) is 5.91 Å². The summed E-state index contributed by atoms with van der Waals surface area (Å²) >= 11 is 4.65. The number of rotatable bonds is 7. The fourth-order valence-corrected chi connectivity index (χ4v) is 3.61. The summed E-state index contributed by atoms with van der Waals surface area (Å²) in [4.78, 5) is 24.5. The van der Waals surface area contributed by atoms with E-state index in [1.165, 1.54) is 11.8 Å². The van der Waals surface area contributed by atoms with Gasteiger partial charge in [-0.15, -0.1) is 10.2 Å². The minimum atomic E-state index is -0.328. The maximum atomic E-state index is 12.3. The minimum absolute atomic E-state index is 0.132. The molecule has 1 atom stereocenters. The number of carbonyl (C=O) groups is 2. The van der Waals surface area contributed by atoms with Crippen LogP contribution in [0.3, 0.4) is 0 Å². The van der Waals surface area contributed by atoms with Crippen LogP contribution in [0.2, 0.25) is 0 Å². The molecular weight excluding hydrogens is 454 g/mol. The first kappa shape index (κ1) is 21.1. The Labute approximate surface area is 181 Å². The van der Waals surface area contributed by atoms with Crippen LogP contribution in [0.1, 0.15) is 29.1 Å². The number of benzene rings is 2. The number of halogens is 1. The van der Waals surface area contributed by atoms with Crippen molar-refractivity contribution in [3.8, 4) is 0 Å². The quantitative estimate of drug-likeness (QED) is 0.509. The molecule has 2 N–H and O–H groups in total. The van der Waals surface area contributed by atoms with Crippen LogP contribution in [0, 0.1) is 0 Å².